The Hall–Kier alpha value is -1.01. The van der Waals surface area contributed by atoms with Gasteiger partial charge < -0.3 is 14.9 Å². The highest BCUT2D eigenvalue weighted by molar-refractivity contribution is 7.99. The second-order valence-corrected chi connectivity index (χ2v) is 4.93. The molecule has 0 saturated heterocycles. The molecule has 0 saturated carbocycles. The average Bonchev–Trinajstić information content (AvgIpc) is 2.60. The van der Waals surface area contributed by atoms with E-state index in [9.17, 15) is 4.79 Å². The highest BCUT2D eigenvalue weighted by atomic mass is 32.2. The Morgan fingerprint density at radius 1 is 1.59 bits per heavy atom. The number of aliphatic hydroxyl groups excluding tert-OH is 1. The maximum Gasteiger partial charge on any atom is 0.230 e. The lowest BCUT2D eigenvalue weighted by Gasteiger charge is -2.10. The van der Waals surface area contributed by atoms with Gasteiger partial charge in [-0.15, -0.1) is 11.8 Å². The largest absolute Gasteiger partial charge is 0.394 e. The fourth-order valence-corrected chi connectivity index (χ4v) is 2.30. The third-order valence-corrected chi connectivity index (χ3v) is 3.30. The molecule has 1 aromatic heterocycles. The molecule has 0 aliphatic carbocycles. The fraction of sp³-hybridized carbons (Fsp3) is 0.636. The Labute approximate surface area is 105 Å². The molecule has 1 heterocycles. The van der Waals surface area contributed by atoms with E-state index in [0.717, 1.165) is 17.0 Å². The molecule has 0 spiro atoms. The van der Waals surface area contributed by atoms with Crippen molar-refractivity contribution >= 4 is 17.7 Å². The van der Waals surface area contributed by atoms with E-state index in [1.807, 2.05) is 13.8 Å². The van der Waals surface area contributed by atoms with Crippen LogP contribution in [0.4, 0.5) is 0 Å². The number of carbonyl (C=O) groups is 1. The Morgan fingerprint density at radius 2 is 2.29 bits per heavy atom. The molecular weight excluding hydrogens is 240 g/mol. The van der Waals surface area contributed by atoms with Gasteiger partial charge in [0.15, 0.2) is 0 Å². The standard InChI is InChI=1S/C11H18N2O3S/c1-7(4-14)12-11(15)6-17-5-10-8(2)13-16-9(10)3/h7,14H,4-6H2,1-3H3,(H,12,15)/t7-/m0/s1. The van der Waals surface area contributed by atoms with Crippen LogP contribution < -0.4 is 5.32 Å². The summed E-state index contributed by atoms with van der Waals surface area (Å²) in [4.78, 5) is 11.4. The van der Waals surface area contributed by atoms with Gasteiger partial charge in [-0.05, 0) is 20.8 Å². The predicted octanol–water partition coefficient (Wildman–Crippen LogP) is 1.02. The fourth-order valence-electron chi connectivity index (χ4n) is 1.32. The highest BCUT2D eigenvalue weighted by Crippen LogP contribution is 2.19. The van der Waals surface area contributed by atoms with Crippen LogP contribution in [0.3, 0.4) is 0 Å². The van der Waals surface area contributed by atoms with E-state index in [1.54, 1.807) is 6.92 Å². The average molecular weight is 258 g/mol. The first-order chi connectivity index (χ1) is 8.04. The lowest BCUT2D eigenvalue weighted by atomic mass is 10.2. The van der Waals surface area contributed by atoms with E-state index in [4.69, 9.17) is 9.63 Å². The number of amides is 1. The number of aromatic nitrogens is 1. The van der Waals surface area contributed by atoms with Gasteiger partial charge in [0.25, 0.3) is 0 Å². The third-order valence-electron chi connectivity index (χ3n) is 2.34. The molecule has 1 amide bonds. The van der Waals surface area contributed by atoms with Crippen molar-refractivity contribution in [1.82, 2.24) is 10.5 Å². The van der Waals surface area contributed by atoms with Gasteiger partial charge in [-0.3, -0.25) is 4.79 Å². The maximum atomic E-state index is 11.4. The molecule has 0 radical (unpaired) electrons. The number of hydrogen-bond donors (Lipinski definition) is 2. The monoisotopic (exact) mass is 258 g/mol. The number of aliphatic hydroxyl groups is 1. The van der Waals surface area contributed by atoms with Crippen LogP contribution in [0.2, 0.25) is 0 Å². The number of nitrogens with one attached hydrogen (secondary N) is 1. The van der Waals surface area contributed by atoms with Gasteiger partial charge in [0.2, 0.25) is 5.91 Å². The first kappa shape index (κ1) is 14.1. The maximum absolute atomic E-state index is 11.4. The topological polar surface area (TPSA) is 75.4 Å². The SMILES string of the molecule is Cc1noc(C)c1CSCC(=O)N[C@@H](C)CO. The molecule has 1 rings (SSSR count). The molecular formula is C11H18N2O3S. The Bertz CT molecular complexity index is 359. The zero-order chi connectivity index (χ0) is 12.8. The molecule has 96 valence electrons. The summed E-state index contributed by atoms with van der Waals surface area (Å²) in [6, 6.07) is -0.192. The minimum absolute atomic E-state index is 0.0414. The lowest BCUT2D eigenvalue weighted by molar-refractivity contribution is -0.119. The minimum Gasteiger partial charge on any atom is -0.394 e. The smallest absolute Gasteiger partial charge is 0.230 e. The molecule has 0 aliphatic heterocycles. The Balaban J connectivity index is 2.31. The molecule has 1 aromatic rings. The second-order valence-electron chi connectivity index (χ2n) is 3.95. The second kappa shape index (κ2) is 6.66. The molecule has 0 fully saturated rings. The van der Waals surface area contributed by atoms with E-state index in [2.05, 4.69) is 10.5 Å². The molecule has 0 aliphatic rings. The molecule has 5 nitrogen and oxygen atoms in total. The third kappa shape index (κ3) is 4.40. The normalized spacial score (nSPS) is 12.5. The number of aryl methyl sites for hydroxylation is 2. The Kier molecular flexibility index (Phi) is 5.50. The van der Waals surface area contributed by atoms with Crippen LogP contribution in [0.25, 0.3) is 0 Å². The van der Waals surface area contributed by atoms with Gasteiger partial charge in [-0.1, -0.05) is 5.16 Å². The van der Waals surface area contributed by atoms with Gasteiger partial charge in [-0.2, -0.15) is 0 Å². The molecule has 1 atom stereocenters. The summed E-state index contributed by atoms with van der Waals surface area (Å²) >= 11 is 1.51. The number of rotatable bonds is 6. The molecule has 2 N–H and O–H groups in total. The van der Waals surface area contributed by atoms with Crippen LogP contribution >= 0.6 is 11.8 Å². The molecule has 17 heavy (non-hydrogen) atoms. The van der Waals surface area contributed by atoms with Gasteiger partial charge in [0, 0.05) is 17.4 Å². The van der Waals surface area contributed by atoms with E-state index in [0.29, 0.717) is 11.5 Å². The van der Waals surface area contributed by atoms with Crippen LogP contribution in [0.5, 0.6) is 0 Å². The van der Waals surface area contributed by atoms with Crippen molar-refractivity contribution in [1.29, 1.82) is 0 Å². The van der Waals surface area contributed by atoms with Crippen molar-refractivity contribution in [3.05, 3.63) is 17.0 Å². The number of hydrogen-bond acceptors (Lipinski definition) is 5. The van der Waals surface area contributed by atoms with E-state index in [1.165, 1.54) is 11.8 Å². The first-order valence-electron chi connectivity index (χ1n) is 5.44. The van der Waals surface area contributed by atoms with E-state index in [-0.39, 0.29) is 18.6 Å². The summed E-state index contributed by atoms with van der Waals surface area (Å²) in [7, 11) is 0. The van der Waals surface area contributed by atoms with Gasteiger partial charge in [0.05, 0.1) is 18.1 Å². The molecule has 0 unspecified atom stereocenters. The van der Waals surface area contributed by atoms with Crippen molar-refractivity contribution in [2.45, 2.75) is 32.6 Å². The zero-order valence-electron chi connectivity index (χ0n) is 10.3. The summed E-state index contributed by atoms with van der Waals surface area (Å²) in [6.07, 6.45) is 0. The van der Waals surface area contributed by atoms with Gasteiger partial charge in [0.1, 0.15) is 5.76 Å². The van der Waals surface area contributed by atoms with Crippen LogP contribution in [0.15, 0.2) is 4.52 Å². The van der Waals surface area contributed by atoms with Crippen LogP contribution in [-0.4, -0.2) is 34.6 Å². The van der Waals surface area contributed by atoms with Crippen molar-refractivity contribution in [3.63, 3.8) is 0 Å². The molecule has 6 heteroatoms. The van der Waals surface area contributed by atoms with Crippen LogP contribution in [0, 0.1) is 13.8 Å². The van der Waals surface area contributed by atoms with E-state index >= 15 is 0 Å². The summed E-state index contributed by atoms with van der Waals surface area (Å²) in [5.41, 5.74) is 1.93. The minimum atomic E-state index is -0.192. The van der Waals surface area contributed by atoms with Crippen molar-refractivity contribution < 1.29 is 14.4 Å². The van der Waals surface area contributed by atoms with Crippen molar-refractivity contribution in [2.24, 2.45) is 0 Å². The van der Waals surface area contributed by atoms with E-state index < -0.39 is 0 Å². The number of nitrogens with zero attached hydrogens (tertiary/aromatic N) is 1. The first-order valence-corrected chi connectivity index (χ1v) is 6.59. The van der Waals surface area contributed by atoms with Gasteiger partial charge in [-0.25, -0.2) is 0 Å². The number of carbonyl (C=O) groups excluding carboxylic acids is 1. The van der Waals surface area contributed by atoms with Crippen LogP contribution in [0.1, 0.15) is 23.9 Å². The summed E-state index contributed by atoms with van der Waals surface area (Å²) in [6.45, 7) is 5.47. The molecule has 0 bridgehead atoms. The lowest BCUT2D eigenvalue weighted by Crippen LogP contribution is -2.36. The predicted molar refractivity (Wildman–Crippen MR) is 66.8 cm³/mol. The van der Waals surface area contributed by atoms with Crippen molar-refractivity contribution in [3.8, 4) is 0 Å². The summed E-state index contributed by atoms with van der Waals surface area (Å²) in [5.74, 6) is 1.82. The molecule has 0 aromatic carbocycles. The summed E-state index contributed by atoms with van der Waals surface area (Å²) in [5, 5.41) is 15.3. The summed E-state index contributed by atoms with van der Waals surface area (Å²) < 4.78 is 5.04. The number of thioether (sulfide) groups is 1. The zero-order valence-corrected chi connectivity index (χ0v) is 11.1. The highest BCUT2D eigenvalue weighted by Gasteiger charge is 2.10. The quantitative estimate of drug-likeness (QED) is 0.797. The van der Waals surface area contributed by atoms with Crippen molar-refractivity contribution in [2.75, 3.05) is 12.4 Å². The Morgan fingerprint density at radius 3 is 2.82 bits per heavy atom. The van der Waals surface area contributed by atoms with Crippen LogP contribution in [-0.2, 0) is 10.5 Å². The van der Waals surface area contributed by atoms with Gasteiger partial charge >= 0.3 is 0 Å².